The van der Waals surface area contributed by atoms with Gasteiger partial charge in [0.15, 0.2) is 5.82 Å². The summed E-state index contributed by atoms with van der Waals surface area (Å²) in [5.74, 6) is -0.230. The molecule has 0 spiro atoms. The highest BCUT2D eigenvalue weighted by Crippen LogP contribution is 2.18. The van der Waals surface area contributed by atoms with E-state index in [-0.39, 0.29) is 18.4 Å². The van der Waals surface area contributed by atoms with Crippen molar-refractivity contribution >= 4 is 0 Å². The number of rotatable bonds is 5. The van der Waals surface area contributed by atoms with Crippen molar-refractivity contribution in [2.45, 2.75) is 32.2 Å². The molecule has 0 aliphatic rings. The number of aromatic nitrogens is 2. The fourth-order valence-corrected chi connectivity index (χ4v) is 1.88. The van der Waals surface area contributed by atoms with Gasteiger partial charge in [0.1, 0.15) is 11.6 Å². The molecule has 2 aromatic rings. The number of hydrogen-bond acceptors (Lipinski definition) is 4. The SMILES string of the molecule is CNC(C)C(C)c1nc(Cc2cc(F)cc(F)c2)no1. The topological polar surface area (TPSA) is 51.0 Å². The van der Waals surface area contributed by atoms with Gasteiger partial charge in [0.2, 0.25) is 5.89 Å². The van der Waals surface area contributed by atoms with Crippen molar-refractivity contribution in [3.05, 3.63) is 47.1 Å². The summed E-state index contributed by atoms with van der Waals surface area (Å²) in [6.45, 7) is 3.98. The quantitative estimate of drug-likeness (QED) is 0.915. The van der Waals surface area contributed by atoms with Crippen LogP contribution in [-0.4, -0.2) is 23.2 Å². The van der Waals surface area contributed by atoms with Crippen molar-refractivity contribution in [2.24, 2.45) is 0 Å². The van der Waals surface area contributed by atoms with Crippen molar-refractivity contribution < 1.29 is 13.3 Å². The maximum Gasteiger partial charge on any atom is 0.231 e. The Morgan fingerprint density at radius 1 is 1.20 bits per heavy atom. The van der Waals surface area contributed by atoms with Gasteiger partial charge in [-0.25, -0.2) is 8.78 Å². The molecule has 6 heteroatoms. The largest absolute Gasteiger partial charge is 0.339 e. The minimum Gasteiger partial charge on any atom is -0.339 e. The molecule has 0 saturated carbocycles. The maximum absolute atomic E-state index is 13.1. The summed E-state index contributed by atoms with van der Waals surface area (Å²) in [6.07, 6.45) is 0.235. The third kappa shape index (κ3) is 3.39. The van der Waals surface area contributed by atoms with E-state index in [9.17, 15) is 8.78 Å². The standard InChI is InChI=1S/C14H17F2N3O/c1-8(9(2)17-3)14-18-13(19-20-14)6-10-4-11(15)7-12(16)5-10/h4-5,7-9,17H,6H2,1-3H3. The minimum absolute atomic E-state index is 0.0606. The van der Waals surface area contributed by atoms with E-state index < -0.39 is 11.6 Å². The third-order valence-electron chi connectivity index (χ3n) is 3.36. The predicted molar refractivity (Wildman–Crippen MR) is 70.4 cm³/mol. The molecule has 20 heavy (non-hydrogen) atoms. The van der Waals surface area contributed by atoms with Gasteiger partial charge in [-0.2, -0.15) is 4.98 Å². The van der Waals surface area contributed by atoms with E-state index in [1.807, 2.05) is 20.9 Å². The lowest BCUT2D eigenvalue weighted by molar-refractivity contribution is 0.333. The van der Waals surface area contributed by atoms with Gasteiger partial charge in [-0.3, -0.25) is 0 Å². The highest BCUT2D eigenvalue weighted by Gasteiger charge is 2.19. The molecule has 1 heterocycles. The van der Waals surface area contributed by atoms with Crippen LogP contribution in [0, 0.1) is 11.6 Å². The molecule has 1 aromatic heterocycles. The Morgan fingerprint density at radius 2 is 1.85 bits per heavy atom. The van der Waals surface area contributed by atoms with Crippen LogP contribution in [0.3, 0.4) is 0 Å². The summed E-state index contributed by atoms with van der Waals surface area (Å²) < 4.78 is 31.4. The van der Waals surface area contributed by atoms with E-state index >= 15 is 0 Å². The van der Waals surface area contributed by atoms with E-state index in [2.05, 4.69) is 15.5 Å². The second kappa shape index (κ2) is 6.09. The van der Waals surface area contributed by atoms with Gasteiger partial charge in [-0.1, -0.05) is 12.1 Å². The average molecular weight is 281 g/mol. The Morgan fingerprint density at radius 3 is 2.45 bits per heavy atom. The first-order valence-corrected chi connectivity index (χ1v) is 6.44. The molecule has 0 saturated heterocycles. The van der Waals surface area contributed by atoms with Crippen LogP contribution >= 0.6 is 0 Å². The van der Waals surface area contributed by atoms with Crippen molar-refractivity contribution in [1.82, 2.24) is 15.5 Å². The lowest BCUT2D eigenvalue weighted by Crippen LogP contribution is -2.27. The van der Waals surface area contributed by atoms with Gasteiger partial charge in [0.25, 0.3) is 0 Å². The van der Waals surface area contributed by atoms with Crippen LogP contribution in [-0.2, 0) is 6.42 Å². The van der Waals surface area contributed by atoms with Crippen molar-refractivity contribution in [3.63, 3.8) is 0 Å². The Balaban J connectivity index is 2.13. The van der Waals surface area contributed by atoms with Crippen LogP contribution < -0.4 is 5.32 Å². The van der Waals surface area contributed by atoms with Crippen molar-refractivity contribution in [2.75, 3.05) is 7.05 Å². The third-order valence-corrected chi connectivity index (χ3v) is 3.36. The number of halogens is 2. The molecule has 0 amide bonds. The number of nitrogens with zero attached hydrogens (tertiary/aromatic N) is 2. The zero-order valence-corrected chi connectivity index (χ0v) is 11.7. The molecule has 2 unspecified atom stereocenters. The van der Waals surface area contributed by atoms with Crippen LogP contribution in [0.4, 0.5) is 8.78 Å². The zero-order valence-electron chi connectivity index (χ0n) is 11.7. The van der Waals surface area contributed by atoms with Gasteiger partial charge in [0.05, 0.1) is 5.92 Å². The Bertz CT molecular complexity index is 565. The first-order valence-electron chi connectivity index (χ1n) is 6.44. The summed E-state index contributed by atoms with van der Waals surface area (Å²) in [5.41, 5.74) is 0.476. The molecular formula is C14H17F2N3O. The Kier molecular flexibility index (Phi) is 4.44. The van der Waals surface area contributed by atoms with E-state index in [1.54, 1.807) is 0 Å². The molecule has 0 fully saturated rings. The molecule has 1 N–H and O–H groups in total. The number of likely N-dealkylation sites (N-methyl/N-ethyl adjacent to an activating group) is 1. The molecule has 0 radical (unpaired) electrons. The first-order chi connectivity index (χ1) is 9.49. The molecule has 0 aliphatic carbocycles. The minimum atomic E-state index is -0.610. The van der Waals surface area contributed by atoms with Crippen molar-refractivity contribution in [3.8, 4) is 0 Å². The number of nitrogens with one attached hydrogen (secondary N) is 1. The van der Waals surface area contributed by atoms with E-state index in [0.717, 1.165) is 6.07 Å². The van der Waals surface area contributed by atoms with Gasteiger partial charge < -0.3 is 9.84 Å². The van der Waals surface area contributed by atoms with Crippen LogP contribution in [0.15, 0.2) is 22.7 Å². The highest BCUT2D eigenvalue weighted by molar-refractivity contribution is 5.21. The summed E-state index contributed by atoms with van der Waals surface area (Å²) in [7, 11) is 1.86. The molecule has 108 valence electrons. The van der Waals surface area contributed by atoms with Crippen molar-refractivity contribution in [1.29, 1.82) is 0 Å². The van der Waals surface area contributed by atoms with Gasteiger partial charge in [-0.05, 0) is 31.7 Å². The van der Waals surface area contributed by atoms with Gasteiger partial charge >= 0.3 is 0 Å². The van der Waals surface area contributed by atoms with Crippen LogP contribution in [0.5, 0.6) is 0 Å². The lowest BCUT2D eigenvalue weighted by Gasteiger charge is -2.14. The van der Waals surface area contributed by atoms with Crippen LogP contribution in [0.2, 0.25) is 0 Å². The number of hydrogen-bond donors (Lipinski definition) is 1. The second-order valence-electron chi connectivity index (χ2n) is 4.87. The van der Waals surface area contributed by atoms with Gasteiger partial charge in [-0.15, -0.1) is 0 Å². The summed E-state index contributed by atoms with van der Waals surface area (Å²) in [4.78, 5) is 4.27. The fraction of sp³-hybridized carbons (Fsp3) is 0.429. The van der Waals surface area contributed by atoms with Crippen LogP contribution in [0.1, 0.15) is 37.0 Å². The highest BCUT2D eigenvalue weighted by atomic mass is 19.1. The molecule has 2 rings (SSSR count). The molecular weight excluding hydrogens is 264 g/mol. The zero-order chi connectivity index (χ0) is 14.7. The predicted octanol–water partition coefficient (Wildman–Crippen LogP) is 2.65. The second-order valence-corrected chi connectivity index (χ2v) is 4.87. The average Bonchev–Trinajstić information content (AvgIpc) is 2.84. The first kappa shape index (κ1) is 14.6. The summed E-state index contributed by atoms with van der Waals surface area (Å²) >= 11 is 0. The maximum atomic E-state index is 13.1. The van der Waals surface area contributed by atoms with E-state index in [0.29, 0.717) is 17.3 Å². The molecule has 4 nitrogen and oxygen atoms in total. The summed E-state index contributed by atoms with van der Waals surface area (Å²) in [6, 6.07) is 3.55. The normalized spacial score (nSPS) is 14.2. The van der Waals surface area contributed by atoms with E-state index in [4.69, 9.17) is 4.52 Å². The molecule has 1 aromatic carbocycles. The van der Waals surface area contributed by atoms with E-state index in [1.165, 1.54) is 12.1 Å². The molecule has 2 atom stereocenters. The number of benzene rings is 1. The lowest BCUT2D eigenvalue weighted by atomic mass is 10.0. The molecule has 0 bridgehead atoms. The summed E-state index contributed by atoms with van der Waals surface area (Å²) in [5, 5.41) is 6.96. The Hall–Kier alpha value is -1.82. The monoisotopic (exact) mass is 281 g/mol. The Labute approximate surface area is 116 Å². The van der Waals surface area contributed by atoms with Gasteiger partial charge in [0, 0.05) is 18.5 Å². The molecule has 0 aliphatic heterocycles. The smallest absolute Gasteiger partial charge is 0.231 e. The van der Waals surface area contributed by atoms with Crippen LogP contribution in [0.25, 0.3) is 0 Å². The fourth-order valence-electron chi connectivity index (χ4n) is 1.88.